The highest BCUT2D eigenvalue weighted by Crippen LogP contribution is 2.38. The molecule has 0 bridgehead atoms. The molecule has 3 N–H and O–H groups in total. The van der Waals surface area contributed by atoms with Gasteiger partial charge in [0.2, 0.25) is 11.7 Å². The maximum atomic E-state index is 13.4. The van der Waals surface area contributed by atoms with E-state index in [2.05, 4.69) is 16.0 Å². The Morgan fingerprint density at radius 2 is 1.30 bits per heavy atom. The van der Waals surface area contributed by atoms with Crippen LogP contribution in [0.2, 0.25) is 0 Å². The third kappa shape index (κ3) is 8.64. The van der Waals surface area contributed by atoms with Crippen molar-refractivity contribution in [1.29, 1.82) is 0 Å². The van der Waals surface area contributed by atoms with Gasteiger partial charge in [0, 0.05) is 21.8 Å². The third-order valence-electron chi connectivity index (χ3n) is 6.07. The van der Waals surface area contributed by atoms with E-state index in [0.717, 1.165) is 10.6 Å². The van der Waals surface area contributed by atoms with Crippen molar-refractivity contribution >= 4 is 46.9 Å². The standard InChI is InChI=1S/C33H31N3O6S/c1-40-28-19-22(20-29(41-2)31(28)42-3)18-27(36-32(38)23-10-6-4-7-11-23)33(39)35-25-14-16-26(17-15-25)43-21-30(37)34-24-12-8-5-9-13-24/h4-20H,21H2,1-3H3,(H,34,37)(H,35,39)(H,36,38)/b27-18-. The van der Waals surface area contributed by atoms with Crippen molar-refractivity contribution < 1.29 is 28.6 Å². The Hall–Kier alpha value is -5.22. The van der Waals surface area contributed by atoms with Gasteiger partial charge in [0.15, 0.2) is 11.5 Å². The number of ether oxygens (including phenoxy) is 3. The number of benzene rings is 4. The Balaban J connectivity index is 1.50. The van der Waals surface area contributed by atoms with Crippen molar-refractivity contribution in [2.45, 2.75) is 4.90 Å². The summed E-state index contributed by atoms with van der Waals surface area (Å²) in [6.07, 6.45) is 1.52. The zero-order chi connectivity index (χ0) is 30.6. The summed E-state index contributed by atoms with van der Waals surface area (Å²) in [5, 5.41) is 8.39. The van der Waals surface area contributed by atoms with E-state index in [1.807, 2.05) is 30.3 Å². The van der Waals surface area contributed by atoms with Gasteiger partial charge in [-0.25, -0.2) is 0 Å². The highest BCUT2D eigenvalue weighted by atomic mass is 32.2. The van der Waals surface area contributed by atoms with E-state index >= 15 is 0 Å². The van der Waals surface area contributed by atoms with Gasteiger partial charge < -0.3 is 30.2 Å². The van der Waals surface area contributed by atoms with Crippen molar-refractivity contribution in [1.82, 2.24) is 5.32 Å². The first-order chi connectivity index (χ1) is 20.9. The van der Waals surface area contributed by atoms with E-state index in [1.54, 1.807) is 66.7 Å². The molecule has 43 heavy (non-hydrogen) atoms. The second-order valence-corrected chi connectivity index (χ2v) is 10.1. The zero-order valence-electron chi connectivity index (χ0n) is 23.9. The first-order valence-corrected chi connectivity index (χ1v) is 14.2. The fraction of sp³-hybridized carbons (Fsp3) is 0.121. The van der Waals surface area contributed by atoms with E-state index in [4.69, 9.17) is 14.2 Å². The maximum absolute atomic E-state index is 13.4. The van der Waals surface area contributed by atoms with Gasteiger partial charge in [-0.05, 0) is 72.3 Å². The van der Waals surface area contributed by atoms with Crippen LogP contribution in [-0.4, -0.2) is 44.8 Å². The first-order valence-electron chi connectivity index (χ1n) is 13.2. The Bertz CT molecular complexity index is 1570. The number of para-hydroxylation sites is 1. The van der Waals surface area contributed by atoms with E-state index in [0.29, 0.717) is 34.1 Å². The van der Waals surface area contributed by atoms with Gasteiger partial charge in [0.05, 0.1) is 27.1 Å². The molecule has 0 saturated heterocycles. The first kappa shape index (κ1) is 30.7. The van der Waals surface area contributed by atoms with Crippen molar-refractivity contribution in [3.8, 4) is 17.2 Å². The number of hydrogen-bond acceptors (Lipinski definition) is 7. The number of nitrogens with one attached hydrogen (secondary N) is 3. The summed E-state index contributed by atoms with van der Waals surface area (Å²) in [5.74, 6) is 0.311. The van der Waals surface area contributed by atoms with Crippen molar-refractivity contribution in [3.63, 3.8) is 0 Å². The Morgan fingerprint density at radius 3 is 1.88 bits per heavy atom. The van der Waals surface area contributed by atoms with Crippen LogP contribution < -0.4 is 30.2 Å². The third-order valence-corrected chi connectivity index (χ3v) is 7.08. The van der Waals surface area contributed by atoms with Crippen LogP contribution in [0.4, 0.5) is 11.4 Å². The van der Waals surface area contributed by atoms with Gasteiger partial charge >= 0.3 is 0 Å². The number of rotatable bonds is 12. The fourth-order valence-electron chi connectivity index (χ4n) is 3.99. The van der Waals surface area contributed by atoms with Crippen LogP contribution >= 0.6 is 11.8 Å². The molecule has 0 saturated carbocycles. The van der Waals surface area contributed by atoms with Crippen molar-refractivity contribution in [3.05, 3.63) is 114 Å². The van der Waals surface area contributed by atoms with E-state index in [9.17, 15) is 14.4 Å². The van der Waals surface area contributed by atoms with Gasteiger partial charge in [-0.15, -0.1) is 11.8 Å². The summed E-state index contributed by atoms with van der Waals surface area (Å²) in [6.45, 7) is 0. The number of hydrogen-bond donors (Lipinski definition) is 3. The molecule has 4 aromatic rings. The largest absolute Gasteiger partial charge is 0.493 e. The molecule has 0 heterocycles. The lowest BCUT2D eigenvalue weighted by molar-refractivity contribution is -0.114. The minimum absolute atomic E-state index is 0.000777. The van der Waals surface area contributed by atoms with Crippen LogP contribution in [0.5, 0.6) is 17.2 Å². The summed E-state index contributed by atoms with van der Waals surface area (Å²) < 4.78 is 16.3. The molecule has 4 aromatic carbocycles. The van der Waals surface area contributed by atoms with Crippen LogP contribution in [0.15, 0.2) is 108 Å². The predicted octanol–water partition coefficient (Wildman–Crippen LogP) is 5.85. The molecule has 0 spiro atoms. The highest BCUT2D eigenvalue weighted by Gasteiger charge is 2.18. The molecule has 0 fully saturated rings. The highest BCUT2D eigenvalue weighted by molar-refractivity contribution is 8.00. The Kier molecular flexibility index (Phi) is 10.8. The molecule has 220 valence electrons. The van der Waals surface area contributed by atoms with Crippen LogP contribution in [0, 0.1) is 0 Å². The minimum atomic E-state index is -0.541. The van der Waals surface area contributed by atoms with Crippen molar-refractivity contribution in [2.24, 2.45) is 0 Å². The molecule has 3 amide bonds. The number of thioether (sulfide) groups is 1. The van der Waals surface area contributed by atoms with Gasteiger partial charge in [0.25, 0.3) is 11.8 Å². The molecule has 10 heteroatoms. The maximum Gasteiger partial charge on any atom is 0.272 e. The van der Waals surface area contributed by atoms with Crippen LogP contribution in [0.1, 0.15) is 15.9 Å². The molecular weight excluding hydrogens is 566 g/mol. The van der Waals surface area contributed by atoms with Gasteiger partial charge in [-0.1, -0.05) is 36.4 Å². The lowest BCUT2D eigenvalue weighted by Gasteiger charge is -2.15. The summed E-state index contributed by atoms with van der Waals surface area (Å²) in [6, 6.07) is 28.2. The number of amides is 3. The van der Waals surface area contributed by atoms with Crippen LogP contribution in [0.25, 0.3) is 6.08 Å². The zero-order valence-corrected chi connectivity index (χ0v) is 24.7. The Morgan fingerprint density at radius 1 is 0.721 bits per heavy atom. The molecule has 0 aromatic heterocycles. The van der Waals surface area contributed by atoms with Crippen LogP contribution in [0.3, 0.4) is 0 Å². The quantitative estimate of drug-likeness (QED) is 0.139. The molecule has 0 aliphatic heterocycles. The number of anilines is 2. The topological polar surface area (TPSA) is 115 Å². The summed E-state index contributed by atoms with van der Waals surface area (Å²) in [5.41, 5.74) is 2.17. The fourth-order valence-corrected chi connectivity index (χ4v) is 4.69. The Labute approximate surface area is 254 Å². The molecule has 0 unspecified atom stereocenters. The normalized spacial score (nSPS) is 10.8. The second-order valence-electron chi connectivity index (χ2n) is 9.02. The van der Waals surface area contributed by atoms with E-state index < -0.39 is 11.8 Å². The second kappa shape index (κ2) is 15.1. The van der Waals surface area contributed by atoms with E-state index in [-0.39, 0.29) is 17.4 Å². The number of methoxy groups -OCH3 is 3. The lowest BCUT2D eigenvalue weighted by Crippen LogP contribution is -2.30. The minimum Gasteiger partial charge on any atom is -0.493 e. The van der Waals surface area contributed by atoms with E-state index in [1.165, 1.54) is 39.2 Å². The van der Waals surface area contributed by atoms with Crippen molar-refractivity contribution in [2.75, 3.05) is 37.7 Å². The average molecular weight is 598 g/mol. The molecule has 0 radical (unpaired) electrons. The molecule has 9 nitrogen and oxygen atoms in total. The summed E-state index contributed by atoms with van der Waals surface area (Å²) >= 11 is 1.37. The number of carbonyl (C=O) groups excluding carboxylic acids is 3. The monoisotopic (exact) mass is 597 g/mol. The summed E-state index contributed by atoms with van der Waals surface area (Å²) in [7, 11) is 4.48. The molecule has 0 atom stereocenters. The van der Waals surface area contributed by atoms with Gasteiger partial charge in [0.1, 0.15) is 5.70 Å². The molecule has 4 rings (SSSR count). The lowest BCUT2D eigenvalue weighted by atomic mass is 10.1. The molecule has 0 aliphatic rings. The number of carbonyl (C=O) groups is 3. The average Bonchev–Trinajstić information content (AvgIpc) is 3.04. The van der Waals surface area contributed by atoms with Gasteiger partial charge in [-0.3, -0.25) is 14.4 Å². The summed E-state index contributed by atoms with van der Waals surface area (Å²) in [4.78, 5) is 39.6. The SMILES string of the molecule is COc1cc(/C=C(\NC(=O)c2ccccc2)C(=O)Nc2ccc(SCC(=O)Nc3ccccc3)cc2)cc(OC)c1OC. The molecule has 0 aliphatic carbocycles. The van der Waals surface area contributed by atoms with Gasteiger partial charge in [-0.2, -0.15) is 0 Å². The smallest absolute Gasteiger partial charge is 0.272 e. The molecular formula is C33H31N3O6S. The predicted molar refractivity (Wildman–Crippen MR) is 169 cm³/mol. The van der Waals surface area contributed by atoms with Crippen LogP contribution in [-0.2, 0) is 9.59 Å².